The molecule has 3 N–H and O–H groups in total. The molecule has 0 saturated carbocycles. The van der Waals surface area contributed by atoms with E-state index in [0.29, 0.717) is 5.00 Å². The van der Waals surface area contributed by atoms with Crippen molar-refractivity contribution in [2.45, 2.75) is 39.5 Å². The number of nitrogens with one attached hydrogen (secondary N) is 1. The first-order valence-electron chi connectivity index (χ1n) is 6.02. The third-order valence-corrected chi connectivity index (χ3v) is 3.51. The predicted octanol–water partition coefficient (Wildman–Crippen LogP) is 3.68. The molecule has 0 saturated heterocycles. The summed E-state index contributed by atoms with van der Waals surface area (Å²) in [5.74, 6) is 0.00218. The largest absolute Gasteiger partial charge is 0.486 e. The van der Waals surface area contributed by atoms with Crippen molar-refractivity contribution in [3.8, 4) is 5.75 Å². The van der Waals surface area contributed by atoms with E-state index >= 15 is 0 Å². The van der Waals surface area contributed by atoms with E-state index in [9.17, 15) is 18.0 Å². The standard InChI is InChI=1S/C12H17F3N2O2S/c1-6(2)19-9-8(16)10(7(3)18)20-11(9)17-5-4-12(13,14)15/h6,17H,4-5,16H2,1-3H3. The van der Waals surface area contributed by atoms with E-state index in [-0.39, 0.29) is 34.7 Å². The number of ketones is 1. The molecular formula is C12H17F3N2O2S. The van der Waals surface area contributed by atoms with Crippen molar-refractivity contribution in [3.63, 3.8) is 0 Å². The zero-order chi connectivity index (χ0) is 15.5. The lowest BCUT2D eigenvalue weighted by Gasteiger charge is -2.13. The number of ether oxygens (including phenoxy) is 1. The Morgan fingerprint density at radius 2 is 2.05 bits per heavy atom. The second-order valence-electron chi connectivity index (χ2n) is 4.52. The predicted molar refractivity (Wildman–Crippen MR) is 73.7 cm³/mol. The normalized spacial score (nSPS) is 11.8. The van der Waals surface area contributed by atoms with E-state index in [0.717, 1.165) is 11.3 Å². The molecule has 1 heterocycles. The third kappa shape index (κ3) is 4.59. The number of hydrogen-bond acceptors (Lipinski definition) is 5. The van der Waals surface area contributed by atoms with Gasteiger partial charge in [0.2, 0.25) is 0 Å². The maximum Gasteiger partial charge on any atom is 0.390 e. The first-order valence-corrected chi connectivity index (χ1v) is 6.84. The van der Waals surface area contributed by atoms with Gasteiger partial charge in [-0.1, -0.05) is 0 Å². The van der Waals surface area contributed by atoms with Crippen LogP contribution >= 0.6 is 11.3 Å². The van der Waals surface area contributed by atoms with Crippen molar-refractivity contribution in [1.82, 2.24) is 0 Å². The zero-order valence-electron chi connectivity index (χ0n) is 11.4. The molecule has 0 aliphatic rings. The molecule has 114 valence electrons. The van der Waals surface area contributed by atoms with Gasteiger partial charge in [-0.2, -0.15) is 13.2 Å². The second kappa shape index (κ2) is 6.34. The van der Waals surface area contributed by atoms with E-state index in [1.807, 2.05) is 0 Å². The van der Waals surface area contributed by atoms with Gasteiger partial charge in [-0.25, -0.2) is 0 Å². The van der Waals surface area contributed by atoms with Gasteiger partial charge in [0.1, 0.15) is 5.00 Å². The smallest absolute Gasteiger partial charge is 0.390 e. The Labute approximate surface area is 119 Å². The number of nitrogens with two attached hydrogens (primary N) is 1. The van der Waals surface area contributed by atoms with Crippen LogP contribution in [0.15, 0.2) is 0 Å². The van der Waals surface area contributed by atoms with Crippen LogP contribution in [-0.2, 0) is 0 Å². The number of anilines is 2. The van der Waals surface area contributed by atoms with Crippen LogP contribution in [0.25, 0.3) is 0 Å². The fraction of sp³-hybridized carbons (Fsp3) is 0.583. The van der Waals surface area contributed by atoms with Gasteiger partial charge < -0.3 is 15.8 Å². The monoisotopic (exact) mass is 310 g/mol. The molecule has 8 heteroatoms. The Hall–Kier alpha value is -1.44. The summed E-state index contributed by atoms with van der Waals surface area (Å²) in [5, 5.41) is 2.99. The fourth-order valence-electron chi connectivity index (χ4n) is 1.48. The number of Topliss-reactive ketones (excluding diaryl/α,β-unsaturated/α-hetero) is 1. The molecule has 0 aliphatic heterocycles. The molecule has 0 aliphatic carbocycles. The van der Waals surface area contributed by atoms with Gasteiger partial charge in [-0.05, 0) is 13.8 Å². The zero-order valence-corrected chi connectivity index (χ0v) is 12.2. The fourth-order valence-corrected chi connectivity index (χ4v) is 2.45. The highest BCUT2D eigenvalue weighted by molar-refractivity contribution is 7.19. The molecule has 0 fully saturated rings. The highest BCUT2D eigenvalue weighted by Crippen LogP contribution is 2.43. The van der Waals surface area contributed by atoms with Crippen molar-refractivity contribution in [1.29, 1.82) is 0 Å². The van der Waals surface area contributed by atoms with Crippen molar-refractivity contribution in [2.75, 3.05) is 17.6 Å². The number of nitrogen functional groups attached to an aromatic ring is 1. The Bertz CT molecular complexity index is 484. The van der Waals surface area contributed by atoms with Gasteiger partial charge in [0.15, 0.2) is 11.5 Å². The Morgan fingerprint density at radius 1 is 1.45 bits per heavy atom. The minimum atomic E-state index is -4.24. The molecule has 0 radical (unpaired) electrons. The molecule has 1 rings (SSSR count). The Morgan fingerprint density at radius 3 is 2.50 bits per heavy atom. The van der Waals surface area contributed by atoms with Crippen LogP contribution in [0.4, 0.5) is 23.9 Å². The highest BCUT2D eigenvalue weighted by atomic mass is 32.1. The second-order valence-corrected chi connectivity index (χ2v) is 5.54. The molecule has 0 aromatic carbocycles. The van der Waals surface area contributed by atoms with Crippen LogP contribution in [0.2, 0.25) is 0 Å². The molecule has 0 unspecified atom stereocenters. The summed E-state index contributed by atoms with van der Waals surface area (Å²) in [5.41, 5.74) is 5.99. The molecule has 1 aromatic rings. The van der Waals surface area contributed by atoms with Gasteiger partial charge in [0.25, 0.3) is 0 Å². The molecule has 20 heavy (non-hydrogen) atoms. The van der Waals surface area contributed by atoms with Gasteiger partial charge in [0, 0.05) is 13.5 Å². The maximum absolute atomic E-state index is 12.1. The Balaban J connectivity index is 2.92. The van der Waals surface area contributed by atoms with E-state index in [1.54, 1.807) is 13.8 Å². The van der Waals surface area contributed by atoms with Crippen LogP contribution in [-0.4, -0.2) is 24.6 Å². The number of rotatable bonds is 6. The summed E-state index contributed by atoms with van der Waals surface area (Å²) in [4.78, 5) is 11.7. The van der Waals surface area contributed by atoms with E-state index in [4.69, 9.17) is 10.5 Å². The number of alkyl halides is 3. The lowest BCUT2D eigenvalue weighted by molar-refractivity contribution is -0.131. The van der Waals surface area contributed by atoms with Gasteiger partial charge >= 0.3 is 6.18 Å². The molecule has 1 aromatic heterocycles. The molecule has 0 atom stereocenters. The topological polar surface area (TPSA) is 64.3 Å². The van der Waals surface area contributed by atoms with Crippen LogP contribution in [0.5, 0.6) is 5.75 Å². The summed E-state index contributed by atoms with van der Waals surface area (Å²) >= 11 is 1.01. The number of carbonyl (C=O) groups is 1. The SMILES string of the molecule is CC(=O)c1sc(NCCC(F)(F)F)c(OC(C)C)c1N. The van der Waals surface area contributed by atoms with Gasteiger partial charge in [0.05, 0.1) is 23.1 Å². The van der Waals surface area contributed by atoms with Gasteiger partial charge in [-0.3, -0.25) is 4.79 Å². The van der Waals surface area contributed by atoms with E-state index in [1.165, 1.54) is 6.92 Å². The van der Waals surface area contributed by atoms with Crippen LogP contribution in [0.1, 0.15) is 36.9 Å². The van der Waals surface area contributed by atoms with Crippen molar-refractivity contribution in [3.05, 3.63) is 4.88 Å². The molecule has 0 amide bonds. The van der Waals surface area contributed by atoms with E-state index in [2.05, 4.69) is 5.32 Å². The summed E-state index contributed by atoms with van der Waals surface area (Å²) in [6.45, 7) is 4.59. The maximum atomic E-state index is 12.1. The summed E-state index contributed by atoms with van der Waals surface area (Å²) in [6.07, 6.45) is -5.41. The lowest BCUT2D eigenvalue weighted by atomic mass is 10.3. The minimum Gasteiger partial charge on any atom is -0.486 e. The third-order valence-electron chi connectivity index (χ3n) is 2.27. The van der Waals surface area contributed by atoms with E-state index < -0.39 is 12.6 Å². The molecule has 4 nitrogen and oxygen atoms in total. The number of halogens is 3. The van der Waals surface area contributed by atoms with Crippen LogP contribution in [0, 0.1) is 0 Å². The minimum absolute atomic E-state index is 0.172. The van der Waals surface area contributed by atoms with Crippen molar-refractivity contribution < 1.29 is 22.7 Å². The number of carbonyl (C=O) groups excluding carboxylic acids is 1. The average molecular weight is 310 g/mol. The first kappa shape index (κ1) is 16.6. The Kier molecular flexibility index (Phi) is 5.27. The number of thiophene rings is 1. The highest BCUT2D eigenvalue weighted by Gasteiger charge is 2.27. The average Bonchev–Trinajstić information content (AvgIpc) is 2.55. The van der Waals surface area contributed by atoms with Crippen molar-refractivity contribution >= 4 is 27.8 Å². The summed E-state index contributed by atoms with van der Waals surface area (Å²) in [7, 11) is 0. The van der Waals surface area contributed by atoms with Crippen LogP contribution < -0.4 is 15.8 Å². The molecular weight excluding hydrogens is 293 g/mol. The number of hydrogen-bond donors (Lipinski definition) is 2. The quantitative estimate of drug-likeness (QED) is 0.787. The molecule has 0 spiro atoms. The van der Waals surface area contributed by atoms with Gasteiger partial charge in [-0.15, -0.1) is 11.3 Å². The van der Waals surface area contributed by atoms with Crippen molar-refractivity contribution in [2.24, 2.45) is 0 Å². The lowest BCUT2D eigenvalue weighted by Crippen LogP contribution is -2.15. The molecule has 0 bridgehead atoms. The first-order chi connectivity index (χ1) is 9.11. The summed E-state index contributed by atoms with van der Waals surface area (Å²) < 4.78 is 41.9. The summed E-state index contributed by atoms with van der Waals surface area (Å²) in [6, 6.07) is 0. The van der Waals surface area contributed by atoms with Crippen LogP contribution in [0.3, 0.4) is 0 Å².